The fourth-order valence-corrected chi connectivity index (χ4v) is 4.52. The van der Waals surface area contributed by atoms with Crippen molar-refractivity contribution in [1.29, 1.82) is 0 Å². The molecule has 0 aliphatic rings. The molecule has 0 fully saturated rings. The van der Waals surface area contributed by atoms with E-state index >= 15 is 0 Å². The number of H-pyrrole nitrogens is 1. The summed E-state index contributed by atoms with van der Waals surface area (Å²) >= 11 is 0. The lowest BCUT2D eigenvalue weighted by Crippen LogP contribution is -2.47. The van der Waals surface area contributed by atoms with Gasteiger partial charge in [0.15, 0.2) is 0 Å². The molecule has 0 saturated carbocycles. The number of carboxylic acid groups (broad SMARTS) is 1. The minimum absolute atomic E-state index is 0.100. The van der Waals surface area contributed by atoms with E-state index in [0.717, 1.165) is 14.1 Å². The fraction of sp³-hybridized carbons (Fsp3) is 0.182. The normalized spacial score (nSPS) is 12.4. The van der Waals surface area contributed by atoms with Crippen LogP contribution in [0.4, 0.5) is 5.69 Å². The van der Waals surface area contributed by atoms with Crippen molar-refractivity contribution < 1.29 is 26.7 Å². The molecule has 0 radical (unpaired) electrons. The molecule has 0 atom stereocenters. The molecule has 2 rings (SSSR count). The molecule has 0 bridgehead atoms. The fourth-order valence-electron chi connectivity index (χ4n) is 1.92. The van der Waals surface area contributed by atoms with Gasteiger partial charge >= 0.3 is 26.4 Å². The third-order valence-electron chi connectivity index (χ3n) is 3.00. The summed E-state index contributed by atoms with van der Waals surface area (Å²) in [5.74, 6) is -1.19. The van der Waals surface area contributed by atoms with E-state index in [0.29, 0.717) is 10.9 Å². The SMILES string of the molecule is CNS(=O)(=O)N(c1ccc2[nH]c(C(=O)O)cc2c1)S(=O)(=O)NC. The molecule has 1 aromatic carbocycles. The molecule has 12 heteroatoms. The molecule has 0 amide bonds. The maximum absolute atomic E-state index is 12.0. The highest BCUT2D eigenvalue weighted by Gasteiger charge is 2.32. The zero-order valence-electron chi connectivity index (χ0n) is 12.1. The molecule has 0 saturated heterocycles. The number of fused-ring (bicyclic) bond motifs is 1. The van der Waals surface area contributed by atoms with Crippen LogP contribution in [-0.4, -0.2) is 47.0 Å². The van der Waals surface area contributed by atoms with Crippen molar-refractivity contribution in [1.82, 2.24) is 14.4 Å². The monoisotopic (exact) mass is 362 g/mol. The van der Waals surface area contributed by atoms with Crippen LogP contribution in [0.15, 0.2) is 24.3 Å². The number of nitrogens with zero attached hydrogens (tertiary/aromatic N) is 1. The predicted octanol–water partition coefficient (Wildman–Crippen LogP) is -0.399. The van der Waals surface area contributed by atoms with E-state index in [1.807, 2.05) is 9.44 Å². The Hall–Kier alpha value is -2.15. The smallest absolute Gasteiger partial charge is 0.352 e. The first-order valence-corrected chi connectivity index (χ1v) is 9.04. The van der Waals surface area contributed by atoms with Crippen molar-refractivity contribution >= 4 is 43.0 Å². The number of hydrogen-bond acceptors (Lipinski definition) is 5. The molecule has 1 heterocycles. The van der Waals surface area contributed by atoms with Crippen LogP contribution in [0.25, 0.3) is 10.9 Å². The molecule has 10 nitrogen and oxygen atoms in total. The summed E-state index contributed by atoms with van der Waals surface area (Å²) in [6, 6.07) is 5.16. The summed E-state index contributed by atoms with van der Waals surface area (Å²) in [6.07, 6.45) is 0. The number of anilines is 1. The minimum atomic E-state index is -4.35. The van der Waals surface area contributed by atoms with E-state index < -0.39 is 26.4 Å². The topological polar surface area (TPSA) is 149 Å². The molecule has 0 aliphatic heterocycles. The predicted molar refractivity (Wildman–Crippen MR) is 83.7 cm³/mol. The molecule has 126 valence electrons. The number of hydrogen-bond donors (Lipinski definition) is 4. The Balaban J connectivity index is 2.69. The lowest BCUT2D eigenvalue weighted by atomic mass is 10.2. The largest absolute Gasteiger partial charge is 0.477 e. The van der Waals surface area contributed by atoms with Gasteiger partial charge in [0, 0.05) is 25.0 Å². The second-order valence-electron chi connectivity index (χ2n) is 4.38. The molecular formula is C11H14N4O6S2. The van der Waals surface area contributed by atoms with Crippen LogP contribution in [0.2, 0.25) is 0 Å². The second-order valence-corrected chi connectivity index (χ2v) is 8.05. The third-order valence-corrected chi connectivity index (χ3v) is 6.50. The maximum Gasteiger partial charge on any atom is 0.352 e. The van der Waals surface area contributed by atoms with Crippen LogP contribution >= 0.6 is 0 Å². The first kappa shape index (κ1) is 17.2. The summed E-state index contributed by atoms with van der Waals surface area (Å²) in [5.41, 5.74) is 0.156. The first-order chi connectivity index (χ1) is 10.6. The lowest BCUT2D eigenvalue weighted by Gasteiger charge is -2.22. The van der Waals surface area contributed by atoms with Gasteiger partial charge in [-0.3, -0.25) is 0 Å². The molecule has 2 aromatic rings. The number of nitrogens with one attached hydrogen (secondary N) is 3. The number of aromatic nitrogens is 1. The number of aromatic amines is 1. The van der Waals surface area contributed by atoms with Crippen molar-refractivity contribution in [3.63, 3.8) is 0 Å². The Morgan fingerprint density at radius 3 is 2.13 bits per heavy atom. The van der Waals surface area contributed by atoms with Gasteiger partial charge in [-0.05, 0) is 24.3 Å². The summed E-state index contributed by atoms with van der Waals surface area (Å²) in [5, 5.41) is 9.30. The average molecular weight is 362 g/mol. The Kier molecular flexibility index (Phi) is 4.34. The molecular weight excluding hydrogens is 348 g/mol. The van der Waals surface area contributed by atoms with E-state index in [1.165, 1.54) is 24.3 Å². The molecule has 1 aromatic heterocycles. The van der Waals surface area contributed by atoms with Crippen LogP contribution in [0.3, 0.4) is 0 Å². The average Bonchev–Trinajstić information content (AvgIpc) is 2.90. The van der Waals surface area contributed by atoms with Crippen LogP contribution in [0, 0.1) is 0 Å². The first-order valence-electron chi connectivity index (χ1n) is 6.16. The van der Waals surface area contributed by atoms with E-state index in [2.05, 4.69) is 4.98 Å². The minimum Gasteiger partial charge on any atom is -0.477 e. The number of aromatic carboxylic acids is 1. The molecule has 0 spiro atoms. The number of rotatable bonds is 6. The molecule has 4 N–H and O–H groups in total. The number of benzene rings is 1. The van der Waals surface area contributed by atoms with Gasteiger partial charge in [0.25, 0.3) is 0 Å². The molecule has 0 aliphatic carbocycles. The van der Waals surface area contributed by atoms with Gasteiger partial charge in [0.2, 0.25) is 0 Å². The highest BCUT2D eigenvalue weighted by Crippen LogP contribution is 2.26. The van der Waals surface area contributed by atoms with Crippen molar-refractivity contribution in [2.75, 3.05) is 17.8 Å². The van der Waals surface area contributed by atoms with Gasteiger partial charge in [-0.2, -0.15) is 26.3 Å². The quantitative estimate of drug-likeness (QED) is 0.549. The van der Waals surface area contributed by atoms with E-state index in [-0.39, 0.29) is 15.1 Å². The standard InChI is InChI=1S/C11H14N4O6S2/c1-12-22(18,19)15(23(20,21)13-2)8-3-4-9-7(5-8)6-10(14-9)11(16)17/h3-6,12-14H,1-2H3,(H,16,17). The zero-order chi connectivity index (χ0) is 17.4. The van der Waals surface area contributed by atoms with Gasteiger partial charge in [-0.25, -0.2) is 4.79 Å². The Bertz CT molecular complexity index is 930. The van der Waals surface area contributed by atoms with Gasteiger partial charge < -0.3 is 10.1 Å². The van der Waals surface area contributed by atoms with Gasteiger partial charge in [-0.1, -0.05) is 0 Å². The maximum atomic E-state index is 12.0. The van der Waals surface area contributed by atoms with Crippen molar-refractivity contribution in [2.24, 2.45) is 0 Å². The number of carboxylic acids is 1. The Morgan fingerprint density at radius 1 is 1.09 bits per heavy atom. The van der Waals surface area contributed by atoms with E-state index in [9.17, 15) is 21.6 Å². The lowest BCUT2D eigenvalue weighted by molar-refractivity contribution is 0.0691. The number of carbonyl (C=O) groups is 1. The van der Waals surface area contributed by atoms with Crippen LogP contribution in [0.5, 0.6) is 0 Å². The zero-order valence-corrected chi connectivity index (χ0v) is 13.7. The summed E-state index contributed by atoms with van der Waals surface area (Å²) in [6.45, 7) is 0. The molecule has 0 unspecified atom stereocenters. The Morgan fingerprint density at radius 2 is 1.65 bits per heavy atom. The van der Waals surface area contributed by atoms with Crippen LogP contribution in [-0.2, 0) is 20.4 Å². The van der Waals surface area contributed by atoms with Crippen molar-refractivity contribution in [3.05, 3.63) is 30.0 Å². The summed E-state index contributed by atoms with van der Waals surface area (Å²) < 4.78 is 52.2. The van der Waals surface area contributed by atoms with Crippen LogP contribution in [0.1, 0.15) is 10.5 Å². The van der Waals surface area contributed by atoms with Gasteiger partial charge in [-0.15, -0.1) is 3.71 Å². The van der Waals surface area contributed by atoms with Gasteiger partial charge in [0.1, 0.15) is 5.69 Å². The highest BCUT2D eigenvalue weighted by atomic mass is 32.3. The van der Waals surface area contributed by atoms with Crippen LogP contribution < -0.4 is 13.2 Å². The summed E-state index contributed by atoms with van der Waals surface area (Å²) in [7, 11) is -6.56. The highest BCUT2D eigenvalue weighted by molar-refractivity contribution is 8.08. The van der Waals surface area contributed by atoms with Crippen molar-refractivity contribution in [2.45, 2.75) is 0 Å². The Labute approximate surface area is 132 Å². The van der Waals surface area contributed by atoms with Gasteiger partial charge in [0.05, 0.1) is 5.69 Å². The molecule has 23 heavy (non-hydrogen) atoms. The second kappa shape index (κ2) is 5.81. The van der Waals surface area contributed by atoms with E-state index in [4.69, 9.17) is 5.11 Å². The van der Waals surface area contributed by atoms with E-state index in [1.54, 1.807) is 0 Å². The summed E-state index contributed by atoms with van der Waals surface area (Å²) in [4.78, 5) is 13.6. The van der Waals surface area contributed by atoms with Crippen molar-refractivity contribution in [3.8, 4) is 0 Å². The third kappa shape index (κ3) is 3.14.